The minimum atomic E-state index is -2.91. The van der Waals surface area contributed by atoms with Crippen LogP contribution in [0, 0.1) is 11.3 Å². The molecule has 0 spiro atoms. The van der Waals surface area contributed by atoms with E-state index in [0.717, 1.165) is 0 Å². The van der Waals surface area contributed by atoms with Gasteiger partial charge in [0.2, 0.25) is 0 Å². The third kappa shape index (κ3) is 6.77. The lowest BCUT2D eigenvalue weighted by Crippen LogP contribution is -2.32. The van der Waals surface area contributed by atoms with Crippen LogP contribution in [0.5, 0.6) is 5.75 Å². The summed E-state index contributed by atoms with van der Waals surface area (Å²) in [5.41, 5.74) is 1.16. The number of benzene rings is 2. The van der Waals surface area contributed by atoms with E-state index in [1.165, 1.54) is 42.3 Å². The van der Waals surface area contributed by atoms with E-state index in [2.05, 4.69) is 10.1 Å². The second-order valence-electron chi connectivity index (χ2n) is 5.87. The van der Waals surface area contributed by atoms with E-state index in [9.17, 15) is 18.4 Å². The number of halogens is 2. The largest absolute Gasteiger partial charge is 0.452 e. The van der Waals surface area contributed by atoms with Gasteiger partial charge in [-0.05, 0) is 36.4 Å². The quantitative estimate of drug-likeness (QED) is 0.644. The number of nitriles is 1. The van der Waals surface area contributed by atoms with Crippen LogP contribution in [0.1, 0.15) is 16.8 Å². The number of likely N-dealkylation sites (N-methyl/N-ethyl adjacent to an activating group) is 1. The summed E-state index contributed by atoms with van der Waals surface area (Å²) in [5, 5.41) is 11.5. The molecule has 0 aliphatic rings. The highest BCUT2D eigenvalue weighted by Gasteiger charge is 2.16. The van der Waals surface area contributed by atoms with Gasteiger partial charge in [-0.15, -0.1) is 0 Å². The van der Waals surface area contributed by atoms with E-state index in [1.54, 1.807) is 18.2 Å². The Morgan fingerprint density at radius 2 is 1.86 bits per heavy atom. The third-order valence-corrected chi connectivity index (χ3v) is 3.82. The lowest BCUT2D eigenvalue weighted by molar-refractivity contribution is -0.133. The molecule has 0 aromatic heterocycles. The van der Waals surface area contributed by atoms with Gasteiger partial charge in [0, 0.05) is 19.3 Å². The molecule has 2 rings (SSSR count). The van der Waals surface area contributed by atoms with Gasteiger partial charge >= 0.3 is 12.6 Å². The average Bonchev–Trinajstić information content (AvgIpc) is 2.71. The molecule has 1 amide bonds. The van der Waals surface area contributed by atoms with Gasteiger partial charge in [0.05, 0.1) is 23.7 Å². The van der Waals surface area contributed by atoms with Crippen LogP contribution in [-0.4, -0.2) is 43.6 Å². The molecule has 0 aliphatic carbocycles. The molecule has 0 aliphatic heterocycles. The molecule has 9 heteroatoms. The van der Waals surface area contributed by atoms with E-state index in [1.807, 2.05) is 6.07 Å². The van der Waals surface area contributed by atoms with Crippen molar-refractivity contribution in [2.45, 2.75) is 13.0 Å². The monoisotopic (exact) mass is 403 g/mol. The van der Waals surface area contributed by atoms with Gasteiger partial charge in [-0.25, -0.2) is 4.79 Å². The van der Waals surface area contributed by atoms with Gasteiger partial charge in [-0.2, -0.15) is 14.0 Å². The third-order valence-electron chi connectivity index (χ3n) is 3.82. The van der Waals surface area contributed by atoms with E-state index in [-0.39, 0.29) is 24.3 Å². The molecule has 0 unspecified atom stereocenters. The number of alkyl halides is 2. The number of para-hydroxylation sites is 1. The van der Waals surface area contributed by atoms with Crippen LogP contribution >= 0.6 is 0 Å². The van der Waals surface area contributed by atoms with Crippen molar-refractivity contribution in [2.75, 3.05) is 25.5 Å². The van der Waals surface area contributed by atoms with Gasteiger partial charge < -0.3 is 19.7 Å². The van der Waals surface area contributed by atoms with Crippen molar-refractivity contribution >= 4 is 23.3 Å². The van der Waals surface area contributed by atoms with Crippen molar-refractivity contribution in [3.8, 4) is 11.8 Å². The minimum absolute atomic E-state index is 0.0114. The molecule has 0 heterocycles. The standard InChI is InChI=1S/C20H19F2N3O4/c1-25(12-4-11-23)18(26)13-28-19(27)16-5-2-3-6-17(16)24-14-7-9-15(10-8-14)29-20(21)22/h2-3,5-10,20,24H,4,12-13H2,1H3. The molecular formula is C20H19F2N3O4. The highest BCUT2D eigenvalue weighted by Crippen LogP contribution is 2.24. The van der Waals surface area contributed by atoms with E-state index in [4.69, 9.17) is 10.00 Å². The number of amides is 1. The average molecular weight is 403 g/mol. The summed E-state index contributed by atoms with van der Waals surface area (Å²) in [4.78, 5) is 25.6. The molecule has 2 aromatic rings. The van der Waals surface area contributed by atoms with Crippen LogP contribution in [0.4, 0.5) is 20.2 Å². The van der Waals surface area contributed by atoms with Crippen molar-refractivity contribution in [1.82, 2.24) is 4.90 Å². The highest BCUT2D eigenvalue weighted by molar-refractivity contribution is 5.97. The Bertz CT molecular complexity index is 882. The van der Waals surface area contributed by atoms with E-state index in [0.29, 0.717) is 11.4 Å². The zero-order valence-electron chi connectivity index (χ0n) is 15.6. The number of hydrogen-bond acceptors (Lipinski definition) is 6. The zero-order chi connectivity index (χ0) is 21.2. The Kier molecular flexibility index (Phi) is 7.91. The maximum Gasteiger partial charge on any atom is 0.387 e. The van der Waals surface area contributed by atoms with E-state index >= 15 is 0 Å². The molecule has 29 heavy (non-hydrogen) atoms. The van der Waals surface area contributed by atoms with Crippen LogP contribution in [0.2, 0.25) is 0 Å². The topological polar surface area (TPSA) is 91.7 Å². The summed E-state index contributed by atoms with van der Waals surface area (Å²) in [6, 6.07) is 14.2. The van der Waals surface area contributed by atoms with Crippen LogP contribution in [0.15, 0.2) is 48.5 Å². The number of carbonyl (C=O) groups excluding carboxylic acids is 2. The van der Waals surface area contributed by atoms with Gasteiger partial charge in [0.1, 0.15) is 5.75 Å². The summed E-state index contributed by atoms with van der Waals surface area (Å²) in [5.74, 6) is -1.11. The van der Waals surface area contributed by atoms with Gasteiger partial charge in [0.15, 0.2) is 6.61 Å². The van der Waals surface area contributed by atoms with Crippen LogP contribution in [0.25, 0.3) is 0 Å². The van der Waals surface area contributed by atoms with Gasteiger partial charge in [-0.1, -0.05) is 12.1 Å². The number of ether oxygens (including phenoxy) is 2. The maximum absolute atomic E-state index is 12.4. The fraction of sp³-hybridized carbons (Fsp3) is 0.250. The molecule has 0 atom stereocenters. The lowest BCUT2D eigenvalue weighted by atomic mass is 10.1. The van der Waals surface area contributed by atoms with Crippen molar-refractivity contribution in [3.05, 3.63) is 54.1 Å². The Hall–Kier alpha value is -3.67. The van der Waals surface area contributed by atoms with Crippen molar-refractivity contribution < 1.29 is 27.8 Å². The first-order valence-electron chi connectivity index (χ1n) is 8.59. The van der Waals surface area contributed by atoms with Crippen LogP contribution in [-0.2, 0) is 9.53 Å². The molecule has 1 N–H and O–H groups in total. The molecule has 0 saturated heterocycles. The normalized spacial score (nSPS) is 10.2. The summed E-state index contributed by atoms with van der Waals surface area (Å²) in [6.07, 6.45) is 0.185. The molecule has 0 fully saturated rings. The predicted octanol–water partition coefficient (Wildman–Crippen LogP) is 3.56. The van der Waals surface area contributed by atoms with Crippen LogP contribution < -0.4 is 10.1 Å². The summed E-state index contributed by atoms with van der Waals surface area (Å²) in [6.45, 7) is -3.11. The van der Waals surface area contributed by atoms with Gasteiger partial charge in [-0.3, -0.25) is 4.79 Å². The number of rotatable bonds is 9. The minimum Gasteiger partial charge on any atom is -0.452 e. The Morgan fingerprint density at radius 3 is 2.52 bits per heavy atom. The van der Waals surface area contributed by atoms with Crippen molar-refractivity contribution in [2.24, 2.45) is 0 Å². The molecule has 0 radical (unpaired) electrons. The highest BCUT2D eigenvalue weighted by atomic mass is 19.3. The number of nitrogens with one attached hydrogen (secondary N) is 1. The van der Waals surface area contributed by atoms with Crippen molar-refractivity contribution in [1.29, 1.82) is 5.26 Å². The molecule has 0 saturated carbocycles. The second kappa shape index (κ2) is 10.6. The van der Waals surface area contributed by atoms with Gasteiger partial charge in [0.25, 0.3) is 5.91 Å². The van der Waals surface area contributed by atoms with Crippen LogP contribution in [0.3, 0.4) is 0 Å². The molecule has 0 bridgehead atoms. The number of esters is 1. The fourth-order valence-electron chi connectivity index (χ4n) is 2.30. The Morgan fingerprint density at radius 1 is 1.17 bits per heavy atom. The molecule has 152 valence electrons. The first-order valence-corrected chi connectivity index (χ1v) is 8.59. The SMILES string of the molecule is CN(CCC#N)C(=O)COC(=O)c1ccccc1Nc1ccc(OC(F)F)cc1. The molecule has 2 aromatic carbocycles. The smallest absolute Gasteiger partial charge is 0.387 e. The number of anilines is 2. The first kappa shape index (κ1) is 21.6. The summed E-state index contributed by atoms with van der Waals surface area (Å²) in [7, 11) is 1.52. The number of nitrogens with zero attached hydrogens (tertiary/aromatic N) is 2. The Labute approximate surface area is 166 Å². The fourth-order valence-corrected chi connectivity index (χ4v) is 2.30. The summed E-state index contributed by atoms with van der Waals surface area (Å²) >= 11 is 0. The molecular weight excluding hydrogens is 384 g/mol. The second-order valence-corrected chi connectivity index (χ2v) is 5.87. The summed E-state index contributed by atoms with van der Waals surface area (Å²) < 4.78 is 33.8. The van der Waals surface area contributed by atoms with E-state index < -0.39 is 25.1 Å². The number of carbonyl (C=O) groups is 2. The van der Waals surface area contributed by atoms with Crippen molar-refractivity contribution in [3.63, 3.8) is 0 Å². The zero-order valence-corrected chi connectivity index (χ0v) is 15.6. The predicted molar refractivity (Wildman–Crippen MR) is 101 cm³/mol. The maximum atomic E-state index is 12.4. The molecule has 7 nitrogen and oxygen atoms in total. The lowest BCUT2D eigenvalue weighted by Gasteiger charge is -2.16. The first-order chi connectivity index (χ1) is 13.9. The Balaban J connectivity index is 2.01. The number of hydrogen-bond donors (Lipinski definition) is 1.